The molecule has 1 heterocycles. The highest BCUT2D eigenvalue weighted by Crippen LogP contribution is 2.28. The van der Waals surface area contributed by atoms with Gasteiger partial charge in [-0.2, -0.15) is 0 Å². The molecule has 5 heteroatoms. The largest absolute Gasteiger partial charge is 0.477 e. The molecule has 0 saturated carbocycles. The number of carbonyl (C=O) groups is 1. The Labute approximate surface area is 119 Å². The maximum absolute atomic E-state index is 12.3. The highest BCUT2D eigenvalue weighted by atomic mass is 16.5. The number of carbonyl (C=O) groups excluding carboxylic acids is 1. The first kappa shape index (κ1) is 14.7. The van der Waals surface area contributed by atoms with Gasteiger partial charge in [-0.3, -0.25) is 4.79 Å². The predicted molar refractivity (Wildman–Crippen MR) is 78.1 cm³/mol. The Morgan fingerprint density at radius 1 is 1.50 bits per heavy atom. The number of ether oxygens (including phenoxy) is 2. The van der Waals surface area contributed by atoms with E-state index in [1.165, 1.54) is 0 Å². The lowest BCUT2D eigenvalue weighted by Crippen LogP contribution is -2.46. The van der Waals surface area contributed by atoms with Gasteiger partial charge in [0.1, 0.15) is 5.75 Å². The van der Waals surface area contributed by atoms with E-state index >= 15 is 0 Å². The number of fused-ring (bicyclic) bond motifs is 1. The number of para-hydroxylation sites is 2. The fourth-order valence-electron chi connectivity index (χ4n) is 2.03. The van der Waals surface area contributed by atoms with Crippen LogP contribution in [-0.2, 0) is 9.53 Å². The first-order valence-electron chi connectivity index (χ1n) is 6.94. The van der Waals surface area contributed by atoms with Crippen LogP contribution in [0.5, 0.6) is 5.75 Å². The maximum atomic E-state index is 12.3. The van der Waals surface area contributed by atoms with Gasteiger partial charge in [-0.05, 0) is 26.0 Å². The molecule has 0 aliphatic carbocycles. The van der Waals surface area contributed by atoms with Gasteiger partial charge in [0.25, 0.3) is 5.91 Å². The van der Waals surface area contributed by atoms with E-state index in [0.717, 1.165) is 11.4 Å². The number of nitrogens with zero attached hydrogens (tertiary/aromatic N) is 1. The van der Waals surface area contributed by atoms with Gasteiger partial charge in [0.05, 0.1) is 24.9 Å². The molecule has 0 saturated heterocycles. The van der Waals surface area contributed by atoms with Crippen molar-refractivity contribution < 1.29 is 14.3 Å². The van der Waals surface area contributed by atoms with E-state index in [1.54, 1.807) is 11.9 Å². The number of hydrogen-bond donors (Lipinski definition) is 1. The van der Waals surface area contributed by atoms with Crippen LogP contribution >= 0.6 is 0 Å². The summed E-state index contributed by atoms with van der Waals surface area (Å²) in [5.74, 6) is 0.697. The fourth-order valence-corrected chi connectivity index (χ4v) is 2.03. The number of rotatable bonds is 5. The molecule has 0 aromatic heterocycles. The summed E-state index contributed by atoms with van der Waals surface area (Å²) in [6.45, 7) is 5.56. The second-order valence-corrected chi connectivity index (χ2v) is 5.16. The first-order chi connectivity index (χ1) is 9.58. The average molecular weight is 278 g/mol. The molecule has 0 fully saturated rings. The van der Waals surface area contributed by atoms with Gasteiger partial charge in [-0.25, -0.2) is 0 Å². The van der Waals surface area contributed by atoms with Crippen molar-refractivity contribution in [3.63, 3.8) is 0 Å². The van der Waals surface area contributed by atoms with Gasteiger partial charge in [-0.1, -0.05) is 12.1 Å². The molecule has 1 unspecified atom stereocenters. The van der Waals surface area contributed by atoms with Gasteiger partial charge in [0.15, 0.2) is 6.10 Å². The molecule has 1 N–H and O–H groups in total. The summed E-state index contributed by atoms with van der Waals surface area (Å²) >= 11 is 0. The number of nitrogens with one attached hydrogen (secondary N) is 1. The lowest BCUT2D eigenvalue weighted by Gasteiger charge is -2.29. The Morgan fingerprint density at radius 3 is 3.00 bits per heavy atom. The molecule has 1 aromatic rings. The number of benzene rings is 1. The summed E-state index contributed by atoms with van der Waals surface area (Å²) in [7, 11) is 1.77. The Morgan fingerprint density at radius 2 is 2.25 bits per heavy atom. The second kappa shape index (κ2) is 6.61. The standard InChI is InChI=1S/C15H22N2O3/c1-11(2)19-9-8-17(3)15(18)14-10-16-12-6-4-5-7-13(12)20-14/h4-7,11,14,16H,8-10H2,1-3H3. The Bertz CT molecular complexity index is 462. The van der Waals surface area contributed by atoms with Crippen LogP contribution in [0.4, 0.5) is 5.69 Å². The number of likely N-dealkylation sites (N-methyl/N-ethyl adjacent to an activating group) is 1. The van der Waals surface area contributed by atoms with E-state index in [2.05, 4.69) is 5.32 Å². The van der Waals surface area contributed by atoms with Crippen LogP contribution in [0.15, 0.2) is 24.3 Å². The fraction of sp³-hybridized carbons (Fsp3) is 0.533. The summed E-state index contributed by atoms with van der Waals surface area (Å²) in [5.41, 5.74) is 0.933. The molecule has 1 aromatic carbocycles. The smallest absolute Gasteiger partial charge is 0.265 e. The van der Waals surface area contributed by atoms with E-state index in [9.17, 15) is 4.79 Å². The first-order valence-corrected chi connectivity index (χ1v) is 6.94. The van der Waals surface area contributed by atoms with Crippen molar-refractivity contribution in [3.05, 3.63) is 24.3 Å². The van der Waals surface area contributed by atoms with Crippen LogP contribution < -0.4 is 10.1 Å². The summed E-state index contributed by atoms with van der Waals surface area (Å²) in [4.78, 5) is 13.9. The molecular weight excluding hydrogens is 256 g/mol. The summed E-state index contributed by atoms with van der Waals surface area (Å²) < 4.78 is 11.2. The van der Waals surface area contributed by atoms with E-state index < -0.39 is 6.10 Å². The minimum absolute atomic E-state index is 0.0284. The second-order valence-electron chi connectivity index (χ2n) is 5.16. The van der Waals surface area contributed by atoms with Crippen molar-refractivity contribution in [2.75, 3.05) is 32.1 Å². The van der Waals surface area contributed by atoms with Gasteiger partial charge < -0.3 is 19.7 Å². The average Bonchev–Trinajstić information content (AvgIpc) is 2.45. The highest BCUT2D eigenvalue weighted by Gasteiger charge is 2.27. The molecule has 1 aliphatic heterocycles. The van der Waals surface area contributed by atoms with Gasteiger partial charge >= 0.3 is 0 Å². The normalized spacial score (nSPS) is 17.1. The zero-order valence-corrected chi connectivity index (χ0v) is 12.3. The van der Waals surface area contributed by atoms with Crippen molar-refractivity contribution in [1.29, 1.82) is 0 Å². The van der Waals surface area contributed by atoms with Crippen LogP contribution in [0, 0.1) is 0 Å². The van der Waals surface area contributed by atoms with Gasteiger partial charge in [-0.15, -0.1) is 0 Å². The molecule has 0 radical (unpaired) electrons. The molecule has 5 nitrogen and oxygen atoms in total. The minimum atomic E-state index is -0.478. The molecule has 0 spiro atoms. The molecule has 2 rings (SSSR count). The third-order valence-corrected chi connectivity index (χ3v) is 3.16. The maximum Gasteiger partial charge on any atom is 0.265 e. The monoisotopic (exact) mass is 278 g/mol. The van der Waals surface area contributed by atoms with Crippen LogP contribution in [-0.4, -0.2) is 49.8 Å². The Balaban J connectivity index is 1.87. The van der Waals surface area contributed by atoms with Crippen molar-refractivity contribution in [2.45, 2.75) is 26.1 Å². The van der Waals surface area contributed by atoms with E-state index in [1.807, 2.05) is 38.1 Å². The summed E-state index contributed by atoms with van der Waals surface area (Å²) in [5, 5.41) is 3.22. The summed E-state index contributed by atoms with van der Waals surface area (Å²) in [6, 6.07) is 7.64. The lowest BCUT2D eigenvalue weighted by atomic mass is 10.2. The van der Waals surface area contributed by atoms with E-state index in [0.29, 0.717) is 19.7 Å². The molecule has 0 bridgehead atoms. The molecule has 110 valence electrons. The van der Waals surface area contributed by atoms with E-state index in [4.69, 9.17) is 9.47 Å². The topological polar surface area (TPSA) is 50.8 Å². The number of amides is 1. The van der Waals surface area contributed by atoms with Crippen LogP contribution in [0.3, 0.4) is 0 Å². The molecule has 1 aliphatic rings. The van der Waals surface area contributed by atoms with Crippen LogP contribution in [0.1, 0.15) is 13.8 Å². The van der Waals surface area contributed by atoms with Crippen molar-refractivity contribution in [3.8, 4) is 5.75 Å². The lowest BCUT2D eigenvalue weighted by molar-refractivity contribution is -0.137. The molecule has 1 atom stereocenters. The van der Waals surface area contributed by atoms with Crippen LogP contribution in [0.2, 0.25) is 0 Å². The zero-order chi connectivity index (χ0) is 14.5. The van der Waals surface area contributed by atoms with Crippen molar-refractivity contribution in [1.82, 2.24) is 4.90 Å². The molecule has 20 heavy (non-hydrogen) atoms. The third-order valence-electron chi connectivity index (χ3n) is 3.16. The van der Waals surface area contributed by atoms with Crippen LogP contribution in [0.25, 0.3) is 0 Å². The quantitative estimate of drug-likeness (QED) is 0.891. The Hall–Kier alpha value is -1.75. The van der Waals surface area contributed by atoms with Crippen molar-refractivity contribution in [2.24, 2.45) is 0 Å². The molecular formula is C15H22N2O3. The molecule has 1 amide bonds. The van der Waals surface area contributed by atoms with Gasteiger partial charge in [0, 0.05) is 13.6 Å². The minimum Gasteiger partial charge on any atom is -0.477 e. The Kier molecular flexibility index (Phi) is 4.84. The SMILES string of the molecule is CC(C)OCCN(C)C(=O)C1CNc2ccccc2O1. The highest BCUT2D eigenvalue weighted by molar-refractivity contribution is 5.83. The predicted octanol–water partition coefficient (Wildman–Crippen LogP) is 1.74. The summed E-state index contributed by atoms with van der Waals surface area (Å²) in [6.07, 6.45) is -0.299. The third kappa shape index (κ3) is 3.63. The number of anilines is 1. The van der Waals surface area contributed by atoms with Crippen molar-refractivity contribution >= 4 is 11.6 Å². The zero-order valence-electron chi connectivity index (χ0n) is 12.3. The number of hydrogen-bond acceptors (Lipinski definition) is 4. The van der Waals surface area contributed by atoms with E-state index in [-0.39, 0.29) is 12.0 Å². The van der Waals surface area contributed by atoms with Gasteiger partial charge in [0.2, 0.25) is 0 Å².